The molecule has 0 aromatic rings. The molecule has 0 atom stereocenters. The fraction of sp³-hybridized carbons (Fsp3) is 0.467. The van der Waals surface area contributed by atoms with Crippen molar-refractivity contribution in [2.45, 2.75) is 27.7 Å². The average Bonchev–Trinajstić information content (AvgIpc) is 2.40. The number of nitrogens with one attached hydrogen (secondary N) is 1. The van der Waals surface area contributed by atoms with Gasteiger partial charge < -0.3 is 9.47 Å². The van der Waals surface area contributed by atoms with E-state index < -0.39 is 6.09 Å². The van der Waals surface area contributed by atoms with E-state index in [-0.39, 0.29) is 25.1 Å². The third-order valence-electron chi connectivity index (χ3n) is 2.35. The quantitative estimate of drug-likeness (QED) is 0.442. The highest BCUT2D eigenvalue weighted by Gasteiger charge is 2.09. The van der Waals surface area contributed by atoms with Crippen LogP contribution in [0.4, 0.5) is 4.79 Å². The number of ether oxygens (including phenoxy) is 2. The number of carbonyl (C=O) groups excluding carboxylic acids is 2. The van der Waals surface area contributed by atoms with Crippen LogP contribution in [0.15, 0.2) is 36.1 Å². The highest BCUT2D eigenvalue weighted by atomic mass is 16.6. The molecule has 0 heterocycles. The van der Waals surface area contributed by atoms with E-state index in [0.29, 0.717) is 5.70 Å². The monoisotopic (exact) mass is 281 g/mol. The smallest absolute Gasteiger partial charge is 0.411 e. The van der Waals surface area contributed by atoms with Crippen molar-refractivity contribution in [1.29, 1.82) is 0 Å². The first kappa shape index (κ1) is 18.0. The Balaban J connectivity index is 4.08. The van der Waals surface area contributed by atoms with E-state index in [1.54, 1.807) is 39.0 Å². The van der Waals surface area contributed by atoms with Gasteiger partial charge in [-0.05, 0) is 19.4 Å². The van der Waals surface area contributed by atoms with Crippen molar-refractivity contribution in [2.24, 2.45) is 5.92 Å². The van der Waals surface area contributed by atoms with E-state index in [2.05, 4.69) is 11.9 Å². The molecule has 1 amide bonds. The summed E-state index contributed by atoms with van der Waals surface area (Å²) >= 11 is 0. The van der Waals surface area contributed by atoms with E-state index in [1.165, 1.54) is 0 Å². The van der Waals surface area contributed by atoms with Crippen molar-refractivity contribution in [2.75, 3.05) is 13.2 Å². The van der Waals surface area contributed by atoms with Crippen LogP contribution in [0.25, 0.3) is 0 Å². The second-order valence-corrected chi connectivity index (χ2v) is 4.37. The summed E-state index contributed by atoms with van der Waals surface area (Å²) in [6, 6.07) is 0. The third-order valence-corrected chi connectivity index (χ3v) is 2.35. The molecule has 0 saturated carbocycles. The predicted octanol–water partition coefficient (Wildman–Crippen LogP) is 2.95. The highest BCUT2D eigenvalue weighted by Crippen LogP contribution is 2.06. The summed E-state index contributed by atoms with van der Waals surface area (Å²) in [7, 11) is 0. The van der Waals surface area contributed by atoms with Gasteiger partial charge in [0.15, 0.2) is 0 Å². The maximum Gasteiger partial charge on any atom is 0.411 e. The lowest BCUT2D eigenvalue weighted by Gasteiger charge is -2.11. The highest BCUT2D eigenvalue weighted by molar-refractivity contribution is 5.72. The van der Waals surface area contributed by atoms with Crippen molar-refractivity contribution in [3.05, 3.63) is 36.1 Å². The molecule has 0 aliphatic heterocycles. The van der Waals surface area contributed by atoms with E-state index in [9.17, 15) is 9.59 Å². The third kappa shape index (κ3) is 7.41. The molecule has 5 heteroatoms. The molecule has 0 aromatic heterocycles. The van der Waals surface area contributed by atoms with Gasteiger partial charge in [0.05, 0.1) is 5.92 Å². The number of amides is 1. The largest absolute Gasteiger partial charge is 0.462 e. The molecule has 0 saturated heterocycles. The Kier molecular flexibility index (Phi) is 8.83. The van der Waals surface area contributed by atoms with Crippen molar-refractivity contribution < 1.29 is 19.1 Å². The summed E-state index contributed by atoms with van der Waals surface area (Å²) in [5.41, 5.74) is 1.51. The molecule has 0 aliphatic carbocycles. The van der Waals surface area contributed by atoms with Gasteiger partial charge in [0, 0.05) is 5.70 Å². The summed E-state index contributed by atoms with van der Waals surface area (Å²) < 4.78 is 9.80. The van der Waals surface area contributed by atoms with Crippen molar-refractivity contribution in [3.63, 3.8) is 0 Å². The number of hydrogen-bond acceptors (Lipinski definition) is 4. The zero-order valence-corrected chi connectivity index (χ0v) is 12.6. The number of hydrogen-bond donors (Lipinski definition) is 1. The Morgan fingerprint density at radius 3 is 2.35 bits per heavy atom. The van der Waals surface area contributed by atoms with E-state index in [1.807, 2.05) is 6.92 Å². The molecule has 0 radical (unpaired) electrons. The van der Waals surface area contributed by atoms with Gasteiger partial charge in [-0.3, -0.25) is 10.1 Å². The first-order valence-electron chi connectivity index (χ1n) is 6.48. The zero-order valence-electron chi connectivity index (χ0n) is 12.6. The van der Waals surface area contributed by atoms with Crippen LogP contribution in [0.3, 0.4) is 0 Å². The van der Waals surface area contributed by atoms with Gasteiger partial charge in [-0.2, -0.15) is 0 Å². The maximum absolute atomic E-state index is 11.5. The molecule has 0 unspecified atom stereocenters. The van der Waals surface area contributed by atoms with Gasteiger partial charge in [0.2, 0.25) is 0 Å². The Morgan fingerprint density at radius 1 is 1.25 bits per heavy atom. The first-order chi connectivity index (χ1) is 9.42. The van der Waals surface area contributed by atoms with E-state index in [0.717, 1.165) is 5.57 Å². The van der Waals surface area contributed by atoms with Crippen LogP contribution in [0, 0.1) is 5.92 Å². The topological polar surface area (TPSA) is 64.6 Å². The van der Waals surface area contributed by atoms with Crippen LogP contribution in [-0.4, -0.2) is 25.3 Å². The standard InChI is InChI=1S/C15H23NO4/c1-6-8-12(5)13(7-2)16-15(18)20-10-9-19-14(17)11(3)4/h6-8,11H,1,9-10H2,2-5H3,(H,16,18)/b12-8-,13-7+. The Hall–Kier alpha value is -2.04. The first-order valence-corrected chi connectivity index (χ1v) is 6.48. The van der Waals surface area contributed by atoms with Crippen LogP contribution in [0.2, 0.25) is 0 Å². The Bertz CT molecular complexity index is 408. The lowest BCUT2D eigenvalue weighted by molar-refractivity contribution is -0.148. The molecule has 0 spiro atoms. The van der Waals surface area contributed by atoms with Crippen molar-refractivity contribution in [1.82, 2.24) is 5.32 Å². The summed E-state index contributed by atoms with van der Waals surface area (Å²) in [4.78, 5) is 22.7. The molecule has 0 bridgehead atoms. The van der Waals surface area contributed by atoms with Gasteiger partial charge in [0.25, 0.3) is 0 Å². The van der Waals surface area contributed by atoms with Gasteiger partial charge in [-0.25, -0.2) is 4.79 Å². The molecule has 20 heavy (non-hydrogen) atoms. The Labute approximate surface area is 120 Å². The SMILES string of the molecule is C=C/C=C(C)\C(=C/C)NC(=O)OCCOC(=O)C(C)C. The summed E-state index contributed by atoms with van der Waals surface area (Å²) in [5, 5.41) is 2.61. The predicted molar refractivity (Wildman–Crippen MR) is 78.0 cm³/mol. The van der Waals surface area contributed by atoms with Crippen LogP contribution < -0.4 is 5.32 Å². The molecule has 0 aromatic carbocycles. The molecule has 0 aliphatic rings. The van der Waals surface area contributed by atoms with E-state index in [4.69, 9.17) is 9.47 Å². The second kappa shape index (κ2) is 9.83. The number of allylic oxidation sites excluding steroid dienone is 4. The molecular weight excluding hydrogens is 258 g/mol. The summed E-state index contributed by atoms with van der Waals surface area (Å²) in [5.74, 6) is -0.502. The minimum absolute atomic E-state index is 0.0194. The van der Waals surface area contributed by atoms with Gasteiger partial charge in [0.1, 0.15) is 13.2 Å². The molecule has 0 rings (SSSR count). The lowest BCUT2D eigenvalue weighted by atomic mass is 10.2. The minimum atomic E-state index is -0.587. The fourth-order valence-corrected chi connectivity index (χ4v) is 1.25. The summed E-state index contributed by atoms with van der Waals surface area (Å²) in [6.07, 6.45) is 4.59. The number of alkyl carbamates (subject to hydrolysis) is 1. The average molecular weight is 281 g/mol. The normalized spacial score (nSPS) is 12.1. The minimum Gasteiger partial charge on any atom is -0.462 e. The van der Waals surface area contributed by atoms with Crippen molar-refractivity contribution in [3.8, 4) is 0 Å². The van der Waals surface area contributed by atoms with Gasteiger partial charge in [-0.1, -0.05) is 38.7 Å². The fourth-order valence-electron chi connectivity index (χ4n) is 1.25. The van der Waals surface area contributed by atoms with Crippen LogP contribution in [0.1, 0.15) is 27.7 Å². The number of rotatable bonds is 7. The molecule has 1 N–H and O–H groups in total. The number of esters is 1. The van der Waals surface area contributed by atoms with Crippen molar-refractivity contribution >= 4 is 12.1 Å². The van der Waals surface area contributed by atoms with Gasteiger partial charge in [-0.15, -0.1) is 0 Å². The molecule has 0 fully saturated rings. The summed E-state index contributed by atoms with van der Waals surface area (Å²) in [6.45, 7) is 10.8. The number of carbonyl (C=O) groups is 2. The molecular formula is C15H23NO4. The zero-order chi connectivity index (χ0) is 15.5. The molecule has 112 valence electrons. The second-order valence-electron chi connectivity index (χ2n) is 4.37. The van der Waals surface area contributed by atoms with Gasteiger partial charge >= 0.3 is 12.1 Å². The van der Waals surface area contributed by atoms with Crippen LogP contribution in [-0.2, 0) is 14.3 Å². The van der Waals surface area contributed by atoms with E-state index >= 15 is 0 Å². The maximum atomic E-state index is 11.5. The van der Waals surface area contributed by atoms with Crippen LogP contribution >= 0.6 is 0 Å². The molecule has 5 nitrogen and oxygen atoms in total. The lowest BCUT2D eigenvalue weighted by Crippen LogP contribution is -2.26. The Morgan fingerprint density at radius 2 is 1.85 bits per heavy atom. The van der Waals surface area contributed by atoms with Crippen LogP contribution in [0.5, 0.6) is 0 Å².